The van der Waals surface area contributed by atoms with Crippen LogP contribution in [0.15, 0.2) is 41.6 Å². The van der Waals surface area contributed by atoms with Crippen LogP contribution in [0.2, 0.25) is 0 Å². The fourth-order valence-corrected chi connectivity index (χ4v) is 6.80. The van der Waals surface area contributed by atoms with Gasteiger partial charge < -0.3 is 29.7 Å². The first-order valence-corrected chi connectivity index (χ1v) is 20.7. The Morgan fingerprint density at radius 3 is 2.34 bits per heavy atom. The molecule has 1 aromatic heterocycles. The number of fused-ring (bicyclic) bond motifs is 1. The lowest BCUT2D eigenvalue weighted by Gasteiger charge is -2.36. The van der Waals surface area contributed by atoms with Crippen molar-refractivity contribution in [3.8, 4) is 0 Å². The number of nitrogens with one attached hydrogen (secondary N) is 3. The van der Waals surface area contributed by atoms with Gasteiger partial charge in [0, 0.05) is 11.9 Å². The molecule has 1 aliphatic heterocycles. The zero-order valence-corrected chi connectivity index (χ0v) is 37.0. The molecule has 324 valence electrons. The SMILES string of the molecule is CON=C1CCC(/C=C/c2ccc3ccc([C@@H](C)NC(=O)OC(C)(C)C)nc3c2)(C(=O)O[C@H](C(=O)N[C@@H](C)C(=O)N2CCC[C@@H](C(=O)OCC(Cl)(Cl)Cl)N2)C(C)C)CC1. The summed E-state index contributed by atoms with van der Waals surface area (Å²) in [6, 6.07) is 7.18. The lowest BCUT2D eigenvalue weighted by Crippen LogP contribution is -2.60. The number of alkyl carbamates (subject to hydrolysis) is 1. The Kier molecular flexibility index (Phi) is 16.4. The van der Waals surface area contributed by atoms with E-state index in [9.17, 15) is 24.0 Å². The van der Waals surface area contributed by atoms with Crippen LogP contribution in [-0.4, -0.2) is 93.4 Å². The summed E-state index contributed by atoms with van der Waals surface area (Å²) in [4.78, 5) is 76.2. The Bertz CT molecular complexity index is 1900. The summed E-state index contributed by atoms with van der Waals surface area (Å²) in [5.74, 6) is -2.87. The Morgan fingerprint density at radius 2 is 1.71 bits per heavy atom. The van der Waals surface area contributed by atoms with Crippen molar-refractivity contribution in [1.82, 2.24) is 26.1 Å². The number of hydrogen-bond donors (Lipinski definition) is 3. The number of pyridine rings is 1. The third-order valence-corrected chi connectivity index (χ3v) is 10.1. The molecular formula is C41H55Cl3N6O9. The van der Waals surface area contributed by atoms with Gasteiger partial charge in [0.2, 0.25) is 3.79 Å². The van der Waals surface area contributed by atoms with Gasteiger partial charge in [-0.15, -0.1) is 0 Å². The number of hydrazine groups is 1. The number of hydrogen-bond acceptors (Lipinski definition) is 12. The smallest absolute Gasteiger partial charge is 0.408 e. The number of benzene rings is 1. The van der Waals surface area contributed by atoms with E-state index in [1.807, 2.05) is 49.4 Å². The van der Waals surface area contributed by atoms with E-state index >= 15 is 0 Å². The third-order valence-electron chi connectivity index (χ3n) is 9.80. The highest BCUT2D eigenvalue weighted by atomic mass is 35.6. The van der Waals surface area contributed by atoms with Gasteiger partial charge in [-0.2, -0.15) is 0 Å². The van der Waals surface area contributed by atoms with E-state index in [0.29, 0.717) is 49.7 Å². The molecule has 2 fully saturated rings. The number of aromatic nitrogens is 1. The van der Waals surface area contributed by atoms with E-state index < -0.39 is 81.4 Å². The van der Waals surface area contributed by atoms with Crippen LogP contribution in [-0.2, 0) is 38.2 Å². The Labute approximate surface area is 360 Å². The highest BCUT2D eigenvalue weighted by molar-refractivity contribution is 6.67. The predicted molar refractivity (Wildman–Crippen MR) is 225 cm³/mol. The molecule has 3 N–H and O–H groups in total. The van der Waals surface area contributed by atoms with Crippen LogP contribution >= 0.6 is 34.8 Å². The fraction of sp³-hybridized carbons (Fsp3) is 0.585. The number of ether oxygens (including phenoxy) is 3. The van der Waals surface area contributed by atoms with Crippen molar-refractivity contribution < 1.29 is 43.0 Å². The van der Waals surface area contributed by atoms with E-state index in [1.165, 1.54) is 19.0 Å². The van der Waals surface area contributed by atoms with Crippen molar-refractivity contribution in [1.29, 1.82) is 0 Å². The molecule has 3 amide bonds. The van der Waals surface area contributed by atoms with Crippen LogP contribution in [0.1, 0.15) is 104 Å². The molecular weight excluding hydrogens is 827 g/mol. The summed E-state index contributed by atoms with van der Waals surface area (Å²) in [6.07, 6.45) is 4.37. The molecule has 0 radical (unpaired) electrons. The number of halogens is 3. The van der Waals surface area contributed by atoms with Gasteiger partial charge in [-0.1, -0.05) is 84.2 Å². The summed E-state index contributed by atoms with van der Waals surface area (Å²) in [5, 5.41) is 11.8. The van der Waals surface area contributed by atoms with Gasteiger partial charge in [-0.05, 0) is 96.8 Å². The quantitative estimate of drug-likeness (QED) is 0.0825. The van der Waals surface area contributed by atoms with Crippen LogP contribution < -0.4 is 16.1 Å². The molecule has 15 nitrogen and oxygen atoms in total. The van der Waals surface area contributed by atoms with Gasteiger partial charge in [-0.3, -0.25) is 29.2 Å². The Morgan fingerprint density at radius 1 is 1.03 bits per heavy atom. The van der Waals surface area contributed by atoms with Gasteiger partial charge in [0.15, 0.2) is 6.10 Å². The van der Waals surface area contributed by atoms with Crippen molar-refractivity contribution in [2.75, 3.05) is 20.3 Å². The molecule has 2 heterocycles. The topological polar surface area (TPSA) is 187 Å². The van der Waals surface area contributed by atoms with Gasteiger partial charge in [0.05, 0.1) is 28.4 Å². The van der Waals surface area contributed by atoms with Crippen molar-refractivity contribution in [3.63, 3.8) is 0 Å². The highest BCUT2D eigenvalue weighted by Gasteiger charge is 2.43. The largest absolute Gasteiger partial charge is 0.460 e. The number of alkyl halides is 3. The van der Waals surface area contributed by atoms with Crippen LogP contribution in [0.4, 0.5) is 4.79 Å². The van der Waals surface area contributed by atoms with Crippen LogP contribution in [0.5, 0.6) is 0 Å². The first-order valence-electron chi connectivity index (χ1n) is 19.6. The number of carbonyl (C=O) groups is 5. The van der Waals surface area contributed by atoms with Crippen LogP contribution in [0.25, 0.3) is 17.0 Å². The molecule has 18 heteroatoms. The molecule has 59 heavy (non-hydrogen) atoms. The molecule has 4 rings (SSSR count). The first-order chi connectivity index (χ1) is 27.6. The second-order valence-corrected chi connectivity index (χ2v) is 18.7. The van der Waals surface area contributed by atoms with E-state index in [-0.39, 0.29) is 6.54 Å². The molecule has 2 aliphatic rings. The average molecular weight is 882 g/mol. The highest BCUT2D eigenvalue weighted by Crippen LogP contribution is 2.40. The molecule has 0 unspecified atom stereocenters. The average Bonchev–Trinajstić information content (AvgIpc) is 3.16. The third kappa shape index (κ3) is 13.9. The molecule has 2 aromatic rings. The lowest BCUT2D eigenvalue weighted by atomic mass is 9.73. The van der Waals surface area contributed by atoms with Gasteiger partial charge in [0.25, 0.3) is 11.8 Å². The van der Waals surface area contributed by atoms with Crippen molar-refractivity contribution in [3.05, 3.63) is 47.7 Å². The summed E-state index contributed by atoms with van der Waals surface area (Å²) in [7, 11) is 1.47. The number of rotatable bonds is 13. The number of nitrogens with zero attached hydrogens (tertiary/aromatic N) is 3. The second kappa shape index (κ2) is 20.4. The Hall–Kier alpha value is -4.18. The standard InChI is InChI=1S/C41H55Cl3N6O9/c1-24(2)33(34(51)45-26(4)35(52)50-21-9-10-31(48-50)36(53)57-23-41(42,43)44)58-37(54)40(19-16-29(17-20-40)49-56-8)18-15-27-11-12-28-13-14-30(47-32(28)22-27)25(3)46-38(55)59-39(5,6)7/h11-15,18,22,24-26,31,33,48H,9-10,16-17,19-21,23H2,1-8H3,(H,45,51)(H,46,55)/b18-15+,49-29?/t25-,26+,31+,33+,40?/m1/s1. The minimum atomic E-state index is -1.78. The maximum Gasteiger partial charge on any atom is 0.408 e. The minimum absolute atomic E-state index is 0.276. The first kappa shape index (κ1) is 47.5. The second-order valence-electron chi connectivity index (χ2n) is 16.2. The maximum absolute atomic E-state index is 14.3. The predicted octanol–water partition coefficient (Wildman–Crippen LogP) is 6.88. The van der Waals surface area contributed by atoms with Crippen molar-refractivity contribution >= 4 is 87.3 Å². The molecule has 1 saturated carbocycles. The number of amides is 3. The summed E-state index contributed by atoms with van der Waals surface area (Å²) in [6.45, 7) is 12.0. The number of carbonyl (C=O) groups excluding carboxylic acids is 5. The van der Waals surface area contributed by atoms with Crippen LogP contribution in [0.3, 0.4) is 0 Å². The summed E-state index contributed by atoms with van der Waals surface area (Å²) < 4.78 is 14.7. The maximum atomic E-state index is 14.3. The van der Waals surface area contributed by atoms with E-state index in [0.717, 1.165) is 16.7 Å². The minimum Gasteiger partial charge on any atom is -0.460 e. The van der Waals surface area contributed by atoms with Crippen molar-refractivity contribution in [2.45, 2.75) is 121 Å². The molecule has 1 saturated heterocycles. The monoisotopic (exact) mass is 880 g/mol. The van der Waals surface area contributed by atoms with E-state index in [4.69, 9.17) is 58.8 Å². The Balaban J connectivity index is 1.49. The molecule has 4 atom stereocenters. The lowest BCUT2D eigenvalue weighted by molar-refractivity contribution is -0.167. The van der Waals surface area contributed by atoms with Crippen LogP contribution in [0, 0.1) is 11.3 Å². The summed E-state index contributed by atoms with van der Waals surface area (Å²) in [5.41, 5.74) is 3.99. The molecule has 1 aromatic carbocycles. The van der Waals surface area contributed by atoms with E-state index in [2.05, 4.69) is 21.2 Å². The molecule has 0 spiro atoms. The zero-order valence-electron chi connectivity index (χ0n) is 34.7. The van der Waals surface area contributed by atoms with Gasteiger partial charge >= 0.3 is 18.0 Å². The van der Waals surface area contributed by atoms with Gasteiger partial charge in [0.1, 0.15) is 31.4 Å². The fourth-order valence-electron chi connectivity index (χ4n) is 6.64. The normalized spacial score (nSPS) is 20.4. The zero-order chi connectivity index (χ0) is 43.7. The van der Waals surface area contributed by atoms with E-state index in [1.54, 1.807) is 34.6 Å². The summed E-state index contributed by atoms with van der Waals surface area (Å²) >= 11 is 17.1. The van der Waals surface area contributed by atoms with Gasteiger partial charge in [-0.25, -0.2) is 10.2 Å². The number of esters is 2. The molecule has 1 aliphatic carbocycles. The number of oxime groups is 1. The molecule has 0 bridgehead atoms. The van der Waals surface area contributed by atoms with Crippen molar-refractivity contribution in [2.24, 2.45) is 16.5 Å².